The average Bonchev–Trinajstić information content (AvgIpc) is 2.48. The van der Waals surface area contributed by atoms with Crippen LogP contribution in [-0.4, -0.2) is 24.0 Å². The Balaban J connectivity index is 2.04. The summed E-state index contributed by atoms with van der Waals surface area (Å²) in [5.41, 5.74) is 0. The summed E-state index contributed by atoms with van der Waals surface area (Å²) in [5.74, 6) is 0.748. The fourth-order valence-electron chi connectivity index (χ4n) is 1.87. The summed E-state index contributed by atoms with van der Waals surface area (Å²) < 4.78 is 0. The standard InChI is InChI=1S/C8H10N2/c9-3-4-10-6-7-1-2-8(10)5-7/h1-2,7-8H,4-6H2/t7-,8-/m0/s1. The summed E-state index contributed by atoms with van der Waals surface area (Å²) in [5, 5.41) is 8.44. The Kier molecular flexibility index (Phi) is 1.25. The molecule has 2 rings (SSSR count). The highest BCUT2D eigenvalue weighted by Crippen LogP contribution is 2.30. The summed E-state index contributed by atoms with van der Waals surface area (Å²) in [6.07, 6.45) is 5.76. The first-order chi connectivity index (χ1) is 4.90. The Morgan fingerprint density at radius 3 is 3.00 bits per heavy atom. The van der Waals surface area contributed by atoms with Crippen molar-refractivity contribution >= 4 is 0 Å². The van der Waals surface area contributed by atoms with E-state index in [-0.39, 0.29) is 0 Å². The molecule has 2 heteroatoms. The van der Waals surface area contributed by atoms with E-state index >= 15 is 0 Å². The van der Waals surface area contributed by atoms with E-state index in [2.05, 4.69) is 23.1 Å². The SMILES string of the molecule is N#CCN1C[C@H]2C=C[C@H]1C2. The molecule has 0 aromatic rings. The van der Waals surface area contributed by atoms with Gasteiger partial charge in [0.25, 0.3) is 0 Å². The highest BCUT2D eigenvalue weighted by molar-refractivity contribution is 5.13. The minimum atomic E-state index is 0.588. The van der Waals surface area contributed by atoms with Gasteiger partial charge in [0.15, 0.2) is 0 Å². The van der Waals surface area contributed by atoms with Gasteiger partial charge in [-0.25, -0.2) is 0 Å². The lowest BCUT2D eigenvalue weighted by Crippen LogP contribution is -2.29. The maximum absolute atomic E-state index is 8.44. The second-order valence-corrected chi connectivity index (χ2v) is 3.04. The second-order valence-electron chi connectivity index (χ2n) is 3.04. The molecule has 1 fully saturated rings. The molecule has 0 amide bonds. The molecular weight excluding hydrogens is 124 g/mol. The molecule has 0 aromatic carbocycles. The van der Waals surface area contributed by atoms with Crippen molar-refractivity contribution in [3.05, 3.63) is 12.2 Å². The molecule has 2 nitrogen and oxygen atoms in total. The van der Waals surface area contributed by atoms with Crippen molar-refractivity contribution in [2.75, 3.05) is 13.1 Å². The van der Waals surface area contributed by atoms with Crippen molar-refractivity contribution in [3.8, 4) is 6.07 Å². The molecular formula is C8H10N2. The Morgan fingerprint density at radius 2 is 2.50 bits per heavy atom. The summed E-state index contributed by atoms with van der Waals surface area (Å²) in [6, 6.07) is 2.77. The average molecular weight is 134 g/mol. The number of hydrogen-bond donors (Lipinski definition) is 0. The lowest BCUT2D eigenvalue weighted by Gasteiger charge is -2.19. The molecule has 2 bridgehead atoms. The fraction of sp³-hybridized carbons (Fsp3) is 0.625. The minimum absolute atomic E-state index is 0.588. The largest absolute Gasteiger partial charge is 0.283 e. The summed E-state index contributed by atoms with van der Waals surface area (Å²) in [7, 11) is 0. The van der Waals surface area contributed by atoms with Gasteiger partial charge in [0, 0.05) is 12.6 Å². The molecule has 0 saturated carbocycles. The maximum Gasteiger partial charge on any atom is 0.0871 e. The van der Waals surface area contributed by atoms with Crippen molar-refractivity contribution in [2.24, 2.45) is 5.92 Å². The van der Waals surface area contributed by atoms with Crippen LogP contribution >= 0.6 is 0 Å². The first-order valence-electron chi connectivity index (χ1n) is 3.69. The molecule has 0 radical (unpaired) electrons. The maximum atomic E-state index is 8.44. The first kappa shape index (κ1) is 5.94. The molecule has 2 atom stereocenters. The number of likely N-dealkylation sites (tertiary alicyclic amines) is 1. The van der Waals surface area contributed by atoms with E-state index < -0.39 is 0 Å². The number of nitriles is 1. The van der Waals surface area contributed by atoms with Crippen LogP contribution in [0.5, 0.6) is 0 Å². The number of hydrogen-bond acceptors (Lipinski definition) is 2. The van der Waals surface area contributed by atoms with E-state index in [4.69, 9.17) is 5.26 Å². The molecule has 52 valence electrons. The molecule has 0 N–H and O–H groups in total. The van der Waals surface area contributed by atoms with Gasteiger partial charge in [-0.05, 0) is 12.3 Å². The zero-order valence-electron chi connectivity index (χ0n) is 5.83. The topological polar surface area (TPSA) is 27.0 Å². The van der Waals surface area contributed by atoms with Crippen LogP contribution in [0.2, 0.25) is 0 Å². The predicted molar refractivity (Wildman–Crippen MR) is 38.2 cm³/mol. The lowest BCUT2D eigenvalue weighted by atomic mass is 10.2. The lowest BCUT2D eigenvalue weighted by molar-refractivity contribution is 0.314. The molecule has 1 aliphatic heterocycles. The van der Waals surface area contributed by atoms with Gasteiger partial charge >= 0.3 is 0 Å². The van der Waals surface area contributed by atoms with Crippen LogP contribution in [0.3, 0.4) is 0 Å². The summed E-state index contributed by atoms with van der Waals surface area (Å²) in [4.78, 5) is 2.24. The molecule has 0 unspecified atom stereocenters. The Hall–Kier alpha value is -0.810. The van der Waals surface area contributed by atoms with Gasteiger partial charge in [-0.15, -0.1) is 0 Å². The van der Waals surface area contributed by atoms with Crippen LogP contribution in [0.25, 0.3) is 0 Å². The Morgan fingerprint density at radius 1 is 1.60 bits per heavy atom. The smallest absolute Gasteiger partial charge is 0.0871 e. The van der Waals surface area contributed by atoms with Crippen LogP contribution < -0.4 is 0 Å². The third kappa shape index (κ3) is 0.748. The van der Waals surface area contributed by atoms with Crippen molar-refractivity contribution < 1.29 is 0 Å². The first-order valence-corrected chi connectivity index (χ1v) is 3.69. The molecule has 0 spiro atoms. The third-order valence-electron chi connectivity index (χ3n) is 2.36. The van der Waals surface area contributed by atoms with E-state index in [1.165, 1.54) is 6.42 Å². The van der Waals surface area contributed by atoms with E-state index in [0.29, 0.717) is 12.6 Å². The van der Waals surface area contributed by atoms with Crippen LogP contribution in [-0.2, 0) is 0 Å². The van der Waals surface area contributed by atoms with Crippen molar-refractivity contribution in [2.45, 2.75) is 12.5 Å². The quantitative estimate of drug-likeness (QED) is 0.391. The zero-order valence-corrected chi connectivity index (χ0v) is 5.83. The van der Waals surface area contributed by atoms with Gasteiger partial charge in [-0.1, -0.05) is 12.2 Å². The van der Waals surface area contributed by atoms with E-state index in [0.717, 1.165) is 12.5 Å². The number of rotatable bonds is 1. The van der Waals surface area contributed by atoms with Crippen LogP contribution in [0, 0.1) is 17.2 Å². The third-order valence-corrected chi connectivity index (χ3v) is 2.36. The van der Waals surface area contributed by atoms with E-state index in [9.17, 15) is 0 Å². The zero-order chi connectivity index (χ0) is 6.97. The van der Waals surface area contributed by atoms with Crippen molar-refractivity contribution in [3.63, 3.8) is 0 Å². The molecule has 10 heavy (non-hydrogen) atoms. The molecule has 2 aliphatic rings. The van der Waals surface area contributed by atoms with Gasteiger partial charge in [0.05, 0.1) is 12.6 Å². The second kappa shape index (κ2) is 2.10. The normalized spacial score (nSPS) is 36.7. The van der Waals surface area contributed by atoms with E-state index in [1.54, 1.807) is 0 Å². The van der Waals surface area contributed by atoms with Gasteiger partial charge in [-0.2, -0.15) is 5.26 Å². The Labute approximate surface area is 60.7 Å². The Bertz CT molecular complexity index is 202. The molecule has 1 aliphatic carbocycles. The predicted octanol–water partition coefficient (Wildman–Crippen LogP) is 0.770. The molecule has 1 heterocycles. The van der Waals surface area contributed by atoms with Crippen LogP contribution in [0.1, 0.15) is 6.42 Å². The van der Waals surface area contributed by atoms with Crippen molar-refractivity contribution in [1.29, 1.82) is 5.26 Å². The highest BCUT2D eigenvalue weighted by atomic mass is 15.2. The highest BCUT2D eigenvalue weighted by Gasteiger charge is 2.32. The fourth-order valence-corrected chi connectivity index (χ4v) is 1.87. The minimum Gasteiger partial charge on any atom is -0.283 e. The molecule has 0 aromatic heterocycles. The van der Waals surface area contributed by atoms with Crippen LogP contribution in [0.4, 0.5) is 0 Å². The molecule has 1 saturated heterocycles. The van der Waals surface area contributed by atoms with Gasteiger partial charge in [0.1, 0.15) is 0 Å². The van der Waals surface area contributed by atoms with Crippen molar-refractivity contribution in [1.82, 2.24) is 4.90 Å². The number of fused-ring (bicyclic) bond motifs is 2. The van der Waals surface area contributed by atoms with Gasteiger partial charge < -0.3 is 0 Å². The summed E-state index contributed by atoms with van der Waals surface area (Å²) >= 11 is 0. The monoisotopic (exact) mass is 134 g/mol. The van der Waals surface area contributed by atoms with Gasteiger partial charge in [-0.3, -0.25) is 4.90 Å². The van der Waals surface area contributed by atoms with Gasteiger partial charge in [0.2, 0.25) is 0 Å². The van der Waals surface area contributed by atoms with E-state index in [1.807, 2.05) is 0 Å². The van der Waals surface area contributed by atoms with Crippen LogP contribution in [0.15, 0.2) is 12.2 Å². The number of nitrogens with zero attached hydrogens (tertiary/aromatic N) is 2. The summed E-state index contributed by atoms with van der Waals surface area (Å²) in [6.45, 7) is 1.71.